The first-order valence-electron chi connectivity index (χ1n) is 5.77. The van der Waals surface area contributed by atoms with Crippen molar-refractivity contribution in [2.24, 2.45) is 0 Å². The second-order valence-electron chi connectivity index (χ2n) is 4.43. The molecule has 0 spiro atoms. The maximum Gasteiger partial charge on any atom is 0.142 e. The van der Waals surface area contributed by atoms with Crippen LogP contribution in [0, 0.1) is 0 Å². The van der Waals surface area contributed by atoms with Gasteiger partial charge in [-0.05, 0) is 24.5 Å². The van der Waals surface area contributed by atoms with Crippen LogP contribution in [0.15, 0.2) is 24.4 Å². The van der Waals surface area contributed by atoms with Crippen LogP contribution in [0.2, 0.25) is 0 Å². The Balaban J connectivity index is 2.46. The van der Waals surface area contributed by atoms with Crippen molar-refractivity contribution in [1.82, 2.24) is 4.98 Å². The minimum atomic E-state index is 0.217. The van der Waals surface area contributed by atoms with E-state index < -0.39 is 0 Å². The topological polar surface area (TPSA) is 42.1 Å². The molecule has 0 aliphatic carbocycles. The fourth-order valence-corrected chi connectivity index (χ4v) is 2.27. The van der Waals surface area contributed by atoms with Gasteiger partial charge < -0.3 is 14.5 Å². The quantitative estimate of drug-likeness (QED) is 0.877. The minimum absolute atomic E-state index is 0.217. The fraction of sp³-hybridized carbons (Fsp3) is 0.357. The van der Waals surface area contributed by atoms with E-state index in [9.17, 15) is 4.79 Å². The molecule has 0 fully saturated rings. The van der Waals surface area contributed by atoms with E-state index in [1.807, 2.05) is 18.3 Å². The molecule has 1 N–H and O–H groups in total. The van der Waals surface area contributed by atoms with Crippen LogP contribution in [0.1, 0.15) is 31.7 Å². The van der Waals surface area contributed by atoms with Crippen LogP contribution in [0.5, 0.6) is 5.75 Å². The van der Waals surface area contributed by atoms with Crippen LogP contribution in [0.3, 0.4) is 0 Å². The van der Waals surface area contributed by atoms with Crippen LogP contribution in [-0.2, 0) is 4.79 Å². The number of H-pyrrole nitrogens is 1. The van der Waals surface area contributed by atoms with Crippen molar-refractivity contribution in [3.05, 3.63) is 30.0 Å². The summed E-state index contributed by atoms with van der Waals surface area (Å²) in [7, 11) is 1.66. The maximum atomic E-state index is 11.2. The monoisotopic (exact) mass is 231 g/mol. The standard InChI is InChI=1S/C14H17NO2/c1-9(7-10(2)16)12-8-15-14-11(12)5-4-6-13(14)17-3/h4-6,8-9,15H,7H2,1-3H3. The number of aromatic amines is 1. The number of carbonyl (C=O) groups is 1. The molecule has 17 heavy (non-hydrogen) atoms. The van der Waals surface area contributed by atoms with Crippen LogP contribution in [0.4, 0.5) is 0 Å². The highest BCUT2D eigenvalue weighted by Crippen LogP contribution is 2.32. The number of methoxy groups -OCH3 is 1. The minimum Gasteiger partial charge on any atom is -0.495 e. The molecule has 1 aromatic carbocycles. The number of Topliss-reactive ketones (excluding diaryl/α,β-unsaturated/α-hetero) is 1. The Morgan fingerprint density at radius 3 is 2.88 bits per heavy atom. The number of carbonyl (C=O) groups excluding carboxylic acids is 1. The number of hydrogen-bond acceptors (Lipinski definition) is 2. The summed E-state index contributed by atoms with van der Waals surface area (Å²) in [6.07, 6.45) is 2.55. The molecule has 0 amide bonds. The molecule has 0 radical (unpaired) electrons. The van der Waals surface area contributed by atoms with E-state index in [1.165, 1.54) is 5.56 Å². The van der Waals surface area contributed by atoms with E-state index >= 15 is 0 Å². The summed E-state index contributed by atoms with van der Waals surface area (Å²) in [5.74, 6) is 1.28. The summed E-state index contributed by atoms with van der Waals surface area (Å²) in [5, 5.41) is 1.14. The van der Waals surface area contributed by atoms with Crippen molar-refractivity contribution in [3.8, 4) is 5.75 Å². The first kappa shape index (κ1) is 11.7. The summed E-state index contributed by atoms with van der Waals surface area (Å²) >= 11 is 0. The zero-order chi connectivity index (χ0) is 12.4. The van der Waals surface area contributed by atoms with Gasteiger partial charge in [-0.15, -0.1) is 0 Å². The molecule has 1 heterocycles. The van der Waals surface area contributed by atoms with E-state index in [-0.39, 0.29) is 11.7 Å². The molecule has 0 aliphatic rings. The van der Waals surface area contributed by atoms with Crippen LogP contribution in [0.25, 0.3) is 10.9 Å². The molecule has 0 saturated heterocycles. The molecule has 1 atom stereocenters. The summed E-state index contributed by atoms with van der Waals surface area (Å²) in [4.78, 5) is 14.4. The SMILES string of the molecule is COc1cccc2c(C(C)CC(C)=O)c[nH]c12. The van der Waals surface area contributed by atoms with Crippen LogP contribution >= 0.6 is 0 Å². The van der Waals surface area contributed by atoms with Crippen LogP contribution in [-0.4, -0.2) is 17.9 Å². The summed E-state index contributed by atoms with van der Waals surface area (Å²) < 4.78 is 5.30. The Kier molecular flexibility index (Phi) is 3.18. The highest BCUT2D eigenvalue weighted by atomic mass is 16.5. The van der Waals surface area contributed by atoms with Gasteiger partial charge in [0.05, 0.1) is 12.6 Å². The van der Waals surface area contributed by atoms with Crippen molar-refractivity contribution in [1.29, 1.82) is 0 Å². The van der Waals surface area contributed by atoms with Gasteiger partial charge in [0.15, 0.2) is 0 Å². The summed E-state index contributed by atoms with van der Waals surface area (Å²) in [5.41, 5.74) is 2.18. The molecular formula is C14H17NO2. The molecule has 3 nitrogen and oxygen atoms in total. The third-order valence-electron chi connectivity index (χ3n) is 3.05. The van der Waals surface area contributed by atoms with Gasteiger partial charge in [-0.2, -0.15) is 0 Å². The van der Waals surface area contributed by atoms with Gasteiger partial charge in [-0.25, -0.2) is 0 Å². The van der Waals surface area contributed by atoms with E-state index in [1.54, 1.807) is 14.0 Å². The van der Waals surface area contributed by atoms with E-state index in [4.69, 9.17) is 4.74 Å². The van der Waals surface area contributed by atoms with Crippen molar-refractivity contribution < 1.29 is 9.53 Å². The third kappa shape index (κ3) is 2.18. The van der Waals surface area contributed by atoms with E-state index in [0.29, 0.717) is 6.42 Å². The third-order valence-corrected chi connectivity index (χ3v) is 3.05. The molecule has 1 aromatic heterocycles. The number of nitrogens with one attached hydrogen (secondary N) is 1. The smallest absolute Gasteiger partial charge is 0.142 e. The van der Waals surface area contributed by atoms with Gasteiger partial charge in [0.25, 0.3) is 0 Å². The van der Waals surface area contributed by atoms with Crippen molar-refractivity contribution >= 4 is 16.7 Å². The number of aromatic nitrogens is 1. The number of rotatable bonds is 4. The predicted molar refractivity (Wildman–Crippen MR) is 68.6 cm³/mol. The molecule has 90 valence electrons. The van der Waals surface area contributed by atoms with Gasteiger partial charge >= 0.3 is 0 Å². The molecule has 0 aliphatic heterocycles. The number of para-hydroxylation sites is 1. The average molecular weight is 231 g/mol. The molecule has 0 bridgehead atoms. The largest absolute Gasteiger partial charge is 0.495 e. The summed E-state index contributed by atoms with van der Waals surface area (Å²) in [6.45, 7) is 3.70. The van der Waals surface area contributed by atoms with Gasteiger partial charge in [-0.3, -0.25) is 0 Å². The molecule has 3 heteroatoms. The molecule has 1 unspecified atom stereocenters. The second kappa shape index (κ2) is 4.62. The van der Waals surface area contributed by atoms with Gasteiger partial charge in [0, 0.05) is 18.0 Å². The first-order chi connectivity index (χ1) is 8.13. The highest BCUT2D eigenvalue weighted by molar-refractivity contribution is 5.89. The van der Waals surface area contributed by atoms with Gasteiger partial charge in [0.1, 0.15) is 11.5 Å². The Bertz CT molecular complexity index is 542. The van der Waals surface area contributed by atoms with Crippen molar-refractivity contribution in [2.45, 2.75) is 26.2 Å². The van der Waals surface area contributed by atoms with E-state index in [2.05, 4.69) is 18.0 Å². The zero-order valence-corrected chi connectivity index (χ0v) is 10.4. The molecule has 2 aromatic rings. The maximum absolute atomic E-state index is 11.2. The number of ketones is 1. The Hall–Kier alpha value is -1.77. The lowest BCUT2D eigenvalue weighted by molar-refractivity contribution is -0.117. The normalized spacial score (nSPS) is 12.6. The lowest BCUT2D eigenvalue weighted by Gasteiger charge is -2.08. The van der Waals surface area contributed by atoms with Crippen LogP contribution < -0.4 is 4.74 Å². The number of hydrogen-bond donors (Lipinski definition) is 1. The Morgan fingerprint density at radius 2 is 2.24 bits per heavy atom. The lowest BCUT2D eigenvalue weighted by atomic mass is 9.95. The number of benzene rings is 1. The Labute approximate surface area is 101 Å². The summed E-state index contributed by atoms with van der Waals surface area (Å²) in [6, 6.07) is 5.96. The van der Waals surface area contributed by atoms with Crippen molar-refractivity contribution in [3.63, 3.8) is 0 Å². The van der Waals surface area contributed by atoms with Gasteiger partial charge in [0.2, 0.25) is 0 Å². The highest BCUT2D eigenvalue weighted by Gasteiger charge is 2.14. The van der Waals surface area contributed by atoms with E-state index in [0.717, 1.165) is 16.7 Å². The molecular weight excluding hydrogens is 214 g/mol. The predicted octanol–water partition coefficient (Wildman–Crippen LogP) is 3.26. The number of ether oxygens (including phenoxy) is 1. The molecule has 2 rings (SSSR count). The van der Waals surface area contributed by atoms with Gasteiger partial charge in [-0.1, -0.05) is 19.1 Å². The Morgan fingerprint density at radius 1 is 1.47 bits per heavy atom. The lowest BCUT2D eigenvalue weighted by Crippen LogP contribution is -1.99. The average Bonchev–Trinajstić information content (AvgIpc) is 2.71. The second-order valence-corrected chi connectivity index (χ2v) is 4.43. The fourth-order valence-electron chi connectivity index (χ4n) is 2.27. The number of fused-ring (bicyclic) bond motifs is 1. The zero-order valence-electron chi connectivity index (χ0n) is 10.4. The molecule has 0 saturated carbocycles. The van der Waals surface area contributed by atoms with Crippen molar-refractivity contribution in [2.75, 3.05) is 7.11 Å². The first-order valence-corrected chi connectivity index (χ1v) is 5.77.